The number of rotatable bonds is 7. The average Bonchev–Trinajstić information content (AvgIpc) is 2.69. The van der Waals surface area contributed by atoms with Gasteiger partial charge in [-0.05, 0) is 55.0 Å². The molecule has 1 amide bonds. The van der Waals surface area contributed by atoms with E-state index in [0.29, 0.717) is 12.6 Å². The fourth-order valence-corrected chi connectivity index (χ4v) is 3.82. The predicted octanol–water partition coefficient (Wildman–Crippen LogP) is 5.03. The van der Waals surface area contributed by atoms with Gasteiger partial charge in [0.25, 0.3) is 0 Å². The van der Waals surface area contributed by atoms with E-state index in [1.54, 1.807) is 6.92 Å². The smallest absolute Gasteiger partial charge is 0.224 e. The Kier molecular flexibility index (Phi) is 8.75. The van der Waals surface area contributed by atoms with Gasteiger partial charge in [0, 0.05) is 25.2 Å². The summed E-state index contributed by atoms with van der Waals surface area (Å²) in [5.41, 5.74) is 4.95. The summed E-state index contributed by atoms with van der Waals surface area (Å²) in [4.78, 5) is 14.3. The van der Waals surface area contributed by atoms with Crippen molar-refractivity contribution in [3.63, 3.8) is 0 Å². The highest BCUT2D eigenvalue weighted by Gasteiger charge is 2.23. The summed E-state index contributed by atoms with van der Waals surface area (Å²) >= 11 is 0. The largest absolute Gasteiger partial charge is 0.314 e. The lowest BCUT2D eigenvalue weighted by atomic mass is 9.86. The van der Waals surface area contributed by atoms with Gasteiger partial charge < -0.3 is 10.2 Å². The summed E-state index contributed by atoms with van der Waals surface area (Å²) in [6.07, 6.45) is 8.53. The lowest BCUT2D eigenvalue weighted by Gasteiger charge is -2.30. The van der Waals surface area contributed by atoms with E-state index < -0.39 is 0 Å². The van der Waals surface area contributed by atoms with Crippen molar-refractivity contribution in [2.24, 2.45) is 0 Å². The molecule has 0 heterocycles. The number of fused-ring (bicyclic) bond motifs is 1. The third kappa shape index (κ3) is 5.70. The third-order valence-electron chi connectivity index (χ3n) is 5.21. The number of nitrogens with one attached hydrogen (secondary N) is 1. The minimum Gasteiger partial charge on any atom is -0.314 e. The van der Waals surface area contributed by atoms with Crippen molar-refractivity contribution in [1.29, 1.82) is 0 Å². The van der Waals surface area contributed by atoms with E-state index in [0.717, 1.165) is 43.5 Å². The zero-order valence-electron chi connectivity index (χ0n) is 16.9. The molecule has 3 rings (SSSR count). The predicted molar refractivity (Wildman–Crippen MR) is 121 cm³/mol. The Labute approximate surface area is 175 Å². The molecule has 1 N–H and O–H groups in total. The Hall–Kier alpha value is -2.10. The highest BCUT2D eigenvalue weighted by molar-refractivity contribution is 5.93. The van der Waals surface area contributed by atoms with Crippen LogP contribution in [0.2, 0.25) is 0 Å². The maximum absolute atomic E-state index is 12.4. The highest BCUT2D eigenvalue weighted by Crippen LogP contribution is 2.31. The van der Waals surface area contributed by atoms with Crippen molar-refractivity contribution in [1.82, 2.24) is 5.32 Å². The second kappa shape index (κ2) is 11.0. The monoisotopic (exact) mass is 398 g/mol. The van der Waals surface area contributed by atoms with E-state index >= 15 is 0 Å². The van der Waals surface area contributed by atoms with Gasteiger partial charge in [0.2, 0.25) is 5.91 Å². The molecule has 0 saturated heterocycles. The van der Waals surface area contributed by atoms with Gasteiger partial charge in [0.05, 0.1) is 0 Å². The van der Waals surface area contributed by atoms with Crippen LogP contribution in [0.1, 0.15) is 43.4 Å². The molecule has 1 unspecified atom stereocenters. The number of benzene rings is 2. The fourth-order valence-electron chi connectivity index (χ4n) is 3.82. The lowest BCUT2D eigenvalue weighted by molar-refractivity contribution is -0.116. The summed E-state index contributed by atoms with van der Waals surface area (Å²) < 4.78 is 0. The summed E-state index contributed by atoms with van der Waals surface area (Å²) in [5, 5.41) is 3.64. The Morgan fingerprint density at radius 3 is 2.68 bits per heavy atom. The molecule has 2 aromatic rings. The van der Waals surface area contributed by atoms with Crippen LogP contribution >= 0.6 is 12.4 Å². The molecule has 0 radical (unpaired) electrons. The van der Waals surface area contributed by atoms with Gasteiger partial charge >= 0.3 is 0 Å². The third-order valence-corrected chi connectivity index (χ3v) is 5.21. The number of carbonyl (C=O) groups is 1. The van der Waals surface area contributed by atoms with Crippen molar-refractivity contribution >= 4 is 30.1 Å². The summed E-state index contributed by atoms with van der Waals surface area (Å²) in [6, 6.07) is 17.2. The molecule has 1 atom stereocenters. The van der Waals surface area contributed by atoms with Crippen LogP contribution < -0.4 is 10.2 Å². The van der Waals surface area contributed by atoms with E-state index in [1.165, 1.54) is 11.1 Å². The number of hydrogen-bond donors (Lipinski definition) is 1. The van der Waals surface area contributed by atoms with Crippen molar-refractivity contribution in [3.8, 4) is 0 Å². The fraction of sp³-hybridized carbons (Fsp3) is 0.375. The van der Waals surface area contributed by atoms with Gasteiger partial charge in [-0.1, -0.05) is 61.5 Å². The molecule has 0 fully saturated rings. The van der Waals surface area contributed by atoms with Crippen LogP contribution in [0.25, 0.3) is 6.08 Å². The molecule has 1 aliphatic carbocycles. The van der Waals surface area contributed by atoms with E-state index in [1.807, 2.05) is 23.1 Å². The molecule has 0 aliphatic heterocycles. The van der Waals surface area contributed by atoms with E-state index in [4.69, 9.17) is 0 Å². The number of nitrogens with zero attached hydrogens (tertiary/aromatic N) is 1. The Balaban J connectivity index is 0.00000280. The Morgan fingerprint density at radius 1 is 1.18 bits per heavy atom. The van der Waals surface area contributed by atoms with Crippen molar-refractivity contribution in [3.05, 3.63) is 71.3 Å². The minimum atomic E-state index is 0. The molecule has 1 aliphatic rings. The number of amides is 1. The number of anilines is 1. The molecule has 4 heteroatoms. The first-order valence-electron chi connectivity index (χ1n) is 10.0. The zero-order chi connectivity index (χ0) is 19.1. The van der Waals surface area contributed by atoms with Crippen LogP contribution in [0.3, 0.4) is 0 Å². The van der Waals surface area contributed by atoms with Crippen LogP contribution in [-0.4, -0.2) is 25.0 Å². The van der Waals surface area contributed by atoms with Gasteiger partial charge in [-0.25, -0.2) is 0 Å². The van der Waals surface area contributed by atoms with Crippen molar-refractivity contribution in [2.75, 3.05) is 18.0 Å². The molecule has 0 saturated carbocycles. The van der Waals surface area contributed by atoms with Crippen LogP contribution in [0.5, 0.6) is 0 Å². The van der Waals surface area contributed by atoms with Crippen molar-refractivity contribution < 1.29 is 4.79 Å². The SMILES string of the molecule is CCCNC1CCc2c(cccc2N(C/C=C/c2ccccc2)C(C)=O)C1.Cl. The topological polar surface area (TPSA) is 32.3 Å². The van der Waals surface area contributed by atoms with Gasteiger partial charge in [-0.3, -0.25) is 4.79 Å². The van der Waals surface area contributed by atoms with Gasteiger partial charge in [-0.15, -0.1) is 12.4 Å². The summed E-state index contributed by atoms with van der Waals surface area (Å²) in [7, 11) is 0. The molecule has 28 heavy (non-hydrogen) atoms. The van der Waals surface area contributed by atoms with Crippen LogP contribution in [0.15, 0.2) is 54.6 Å². The van der Waals surface area contributed by atoms with E-state index in [9.17, 15) is 4.79 Å². The number of halogens is 1. The second-order valence-electron chi connectivity index (χ2n) is 7.25. The standard InChI is InChI=1S/C24H30N2O.ClH/c1-3-16-25-22-14-15-23-21(18-22)12-7-13-24(23)26(19(2)27)17-8-11-20-9-5-4-6-10-20;/h4-13,22,25H,3,14-18H2,1-2H3;1H/b11-8+;. The van der Waals surface area contributed by atoms with Crippen LogP contribution in [-0.2, 0) is 17.6 Å². The van der Waals surface area contributed by atoms with Crippen molar-refractivity contribution in [2.45, 2.75) is 45.6 Å². The second-order valence-corrected chi connectivity index (χ2v) is 7.25. The first-order chi connectivity index (χ1) is 13.2. The number of carbonyl (C=O) groups excluding carboxylic acids is 1. The molecule has 150 valence electrons. The maximum atomic E-state index is 12.4. The van der Waals surface area contributed by atoms with Gasteiger partial charge in [0.1, 0.15) is 0 Å². The summed E-state index contributed by atoms with van der Waals surface area (Å²) in [5.74, 6) is 0.0901. The van der Waals surface area contributed by atoms with E-state index in [2.05, 4.69) is 54.7 Å². The lowest BCUT2D eigenvalue weighted by Crippen LogP contribution is -2.36. The van der Waals surface area contributed by atoms with Gasteiger partial charge in [0.15, 0.2) is 0 Å². The Bertz CT molecular complexity index is 788. The van der Waals surface area contributed by atoms with Crippen LogP contribution in [0.4, 0.5) is 5.69 Å². The zero-order valence-corrected chi connectivity index (χ0v) is 17.7. The Morgan fingerprint density at radius 2 is 1.96 bits per heavy atom. The quantitative estimate of drug-likeness (QED) is 0.709. The number of hydrogen-bond acceptors (Lipinski definition) is 2. The molecule has 0 bridgehead atoms. The van der Waals surface area contributed by atoms with Crippen LogP contribution in [0, 0.1) is 0 Å². The normalized spacial score (nSPS) is 15.7. The molecule has 0 aromatic heterocycles. The first-order valence-corrected chi connectivity index (χ1v) is 10.0. The molecule has 0 spiro atoms. The molecular formula is C24H31ClN2O. The molecular weight excluding hydrogens is 368 g/mol. The van der Waals surface area contributed by atoms with Gasteiger partial charge in [-0.2, -0.15) is 0 Å². The molecule has 3 nitrogen and oxygen atoms in total. The molecule has 2 aromatic carbocycles. The maximum Gasteiger partial charge on any atom is 0.224 e. The average molecular weight is 399 g/mol. The first kappa shape index (κ1) is 22.2. The summed E-state index contributed by atoms with van der Waals surface area (Å²) in [6.45, 7) is 5.53. The van der Waals surface area contributed by atoms with E-state index in [-0.39, 0.29) is 18.3 Å². The minimum absolute atomic E-state index is 0. The highest BCUT2D eigenvalue weighted by atomic mass is 35.5.